The molecule has 9 aromatic carbocycles. The molecule has 2 heterocycles. The minimum Gasteiger partial charge on any atom is -0.497 e. The van der Waals surface area contributed by atoms with Gasteiger partial charge in [0.05, 0.1) is 42.7 Å². The maximum atomic E-state index is 13.7. The number of para-hydroxylation sites is 1. The van der Waals surface area contributed by atoms with E-state index in [1.807, 2.05) is 42.5 Å². The third-order valence-corrected chi connectivity index (χ3v) is 12.5. The van der Waals surface area contributed by atoms with E-state index >= 15 is 0 Å². The number of methoxy groups -OCH3 is 2. The summed E-state index contributed by atoms with van der Waals surface area (Å²) in [4.78, 5) is 2.22. The summed E-state index contributed by atoms with van der Waals surface area (Å²) in [5.41, 5.74) is 16.4. The average Bonchev–Trinajstić information content (AvgIpc) is 3.99. The standard InChI is InChI=1S/C56H39FN4O2S/c1-62-47-26-14-38(15-27-47)41-18-31-52-50(34-41)51-35-42(39-16-28-48(63-2)29-17-39)19-32-53(51)61(52)46-24-12-40(13-25-46)49-30-33-54(56-55(49)58-64-59-56)60(44-6-4-3-5-7-44)45-22-10-37(11-23-45)36-8-20-43(57)21-9-36/h3-35H,1-2H3. The van der Waals surface area contributed by atoms with Crippen LogP contribution >= 0.6 is 11.7 Å². The zero-order chi connectivity index (χ0) is 43.1. The van der Waals surface area contributed by atoms with Gasteiger partial charge >= 0.3 is 0 Å². The molecule has 8 heteroatoms. The number of anilines is 3. The van der Waals surface area contributed by atoms with E-state index < -0.39 is 0 Å². The molecule has 64 heavy (non-hydrogen) atoms. The Hall–Kier alpha value is -8.07. The first-order chi connectivity index (χ1) is 31.5. The van der Waals surface area contributed by atoms with Gasteiger partial charge in [-0.3, -0.25) is 0 Å². The molecule has 2 aromatic heterocycles. The molecular formula is C56H39FN4O2S. The Labute approximate surface area is 374 Å². The third-order valence-electron chi connectivity index (χ3n) is 12.0. The van der Waals surface area contributed by atoms with Gasteiger partial charge in [-0.2, -0.15) is 8.75 Å². The topological polar surface area (TPSA) is 52.4 Å². The number of hydrogen-bond donors (Lipinski definition) is 0. The fraction of sp³-hybridized carbons (Fsp3) is 0.0357. The quantitative estimate of drug-likeness (QED) is 0.137. The van der Waals surface area contributed by atoms with Gasteiger partial charge in [0.15, 0.2) is 0 Å². The van der Waals surface area contributed by atoms with Crippen LogP contribution in [0.25, 0.3) is 83.0 Å². The fourth-order valence-electron chi connectivity index (χ4n) is 8.73. The zero-order valence-electron chi connectivity index (χ0n) is 34.9. The monoisotopic (exact) mass is 850 g/mol. The number of hydrogen-bond acceptors (Lipinski definition) is 6. The summed E-state index contributed by atoms with van der Waals surface area (Å²) in [5, 5.41) is 2.34. The Morgan fingerprint density at radius 2 is 0.922 bits per heavy atom. The van der Waals surface area contributed by atoms with Crippen LogP contribution in [-0.2, 0) is 0 Å². The molecule has 11 aromatic rings. The molecule has 6 nitrogen and oxygen atoms in total. The third kappa shape index (κ3) is 7.00. The summed E-state index contributed by atoms with van der Waals surface area (Å²) in [6.07, 6.45) is 0. The van der Waals surface area contributed by atoms with E-state index in [1.54, 1.807) is 26.4 Å². The van der Waals surface area contributed by atoms with Gasteiger partial charge in [0.2, 0.25) is 0 Å². The highest BCUT2D eigenvalue weighted by Crippen LogP contribution is 2.43. The molecule has 0 saturated heterocycles. The average molecular weight is 851 g/mol. The normalized spacial score (nSPS) is 11.4. The second kappa shape index (κ2) is 16.3. The number of benzene rings is 9. The molecule has 0 bridgehead atoms. The van der Waals surface area contributed by atoms with Crippen molar-refractivity contribution in [1.29, 1.82) is 0 Å². The van der Waals surface area contributed by atoms with Gasteiger partial charge < -0.3 is 18.9 Å². The minimum absolute atomic E-state index is 0.251. The molecule has 0 aliphatic carbocycles. The van der Waals surface area contributed by atoms with Crippen molar-refractivity contribution >= 4 is 61.6 Å². The van der Waals surface area contributed by atoms with Crippen LogP contribution in [0.1, 0.15) is 0 Å². The van der Waals surface area contributed by atoms with Crippen molar-refractivity contribution in [1.82, 2.24) is 13.3 Å². The molecule has 0 aliphatic rings. The van der Waals surface area contributed by atoms with Crippen molar-refractivity contribution < 1.29 is 13.9 Å². The van der Waals surface area contributed by atoms with Crippen molar-refractivity contribution in [3.8, 4) is 61.7 Å². The van der Waals surface area contributed by atoms with E-state index in [2.05, 4.69) is 143 Å². The maximum Gasteiger partial charge on any atom is 0.129 e. The molecule has 0 N–H and O–H groups in total. The number of rotatable bonds is 10. The lowest BCUT2D eigenvalue weighted by Gasteiger charge is -2.26. The number of ether oxygens (including phenoxy) is 2. The summed E-state index contributed by atoms with van der Waals surface area (Å²) in [6.45, 7) is 0. The fourth-order valence-corrected chi connectivity index (χ4v) is 9.30. The lowest BCUT2D eigenvalue weighted by molar-refractivity contribution is 0.415. The Bertz CT molecular complexity index is 3340. The first kappa shape index (κ1) is 38.8. The van der Waals surface area contributed by atoms with Gasteiger partial charge in [-0.1, -0.05) is 91.0 Å². The summed E-state index contributed by atoms with van der Waals surface area (Å²) >= 11 is 1.22. The highest BCUT2D eigenvalue weighted by molar-refractivity contribution is 7.00. The van der Waals surface area contributed by atoms with Gasteiger partial charge in [-0.15, -0.1) is 0 Å². The van der Waals surface area contributed by atoms with Gasteiger partial charge in [0.1, 0.15) is 28.3 Å². The number of halogens is 1. The van der Waals surface area contributed by atoms with Crippen molar-refractivity contribution in [2.45, 2.75) is 0 Å². The van der Waals surface area contributed by atoms with E-state index in [0.717, 1.165) is 101 Å². The Morgan fingerprint density at radius 3 is 1.48 bits per heavy atom. The van der Waals surface area contributed by atoms with E-state index in [4.69, 9.17) is 18.2 Å². The van der Waals surface area contributed by atoms with Gasteiger partial charge in [0, 0.05) is 33.4 Å². The first-order valence-corrected chi connectivity index (χ1v) is 21.7. The van der Waals surface area contributed by atoms with E-state index in [0.29, 0.717) is 0 Å². The molecule has 0 saturated carbocycles. The molecule has 0 amide bonds. The van der Waals surface area contributed by atoms with Crippen molar-refractivity contribution in [2.75, 3.05) is 19.1 Å². The van der Waals surface area contributed by atoms with Crippen LogP contribution < -0.4 is 14.4 Å². The van der Waals surface area contributed by atoms with Crippen LogP contribution in [0.3, 0.4) is 0 Å². The van der Waals surface area contributed by atoms with Crippen molar-refractivity contribution in [3.63, 3.8) is 0 Å². The highest BCUT2D eigenvalue weighted by atomic mass is 32.1. The summed E-state index contributed by atoms with van der Waals surface area (Å²) in [5.74, 6) is 1.41. The summed E-state index contributed by atoms with van der Waals surface area (Å²) < 4.78 is 36.7. The molecule has 0 radical (unpaired) electrons. The molecule has 0 atom stereocenters. The Balaban J connectivity index is 0.984. The minimum atomic E-state index is -0.251. The lowest BCUT2D eigenvalue weighted by Crippen LogP contribution is -2.10. The summed E-state index contributed by atoms with van der Waals surface area (Å²) in [7, 11) is 3.38. The Morgan fingerprint density at radius 1 is 0.453 bits per heavy atom. The largest absolute Gasteiger partial charge is 0.497 e. The smallest absolute Gasteiger partial charge is 0.129 e. The zero-order valence-corrected chi connectivity index (χ0v) is 35.8. The highest BCUT2D eigenvalue weighted by Gasteiger charge is 2.21. The summed E-state index contributed by atoms with van der Waals surface area (Å²) in [6, 6.07) is 68.2. The van der Waals surface area contributed by atoms with Gasteiger partial charge in [-0.25, -0.2) is 4.39 Å². The van der Waals surface area contributed by atoms with E-state index in [1.165, 1.54) is 34.6 Å². The van der Waals surface area contributed by atoms with Crippen LogP contribution in [0.15, 0.2) is 200 Å². The van der Waals surface area contributed by atoms with Crippen LogP contribution in [0.2, 0.25) is 0 Å². The predicted molar refractivity (Wildman–Crippen MR) is 261 cm³/mol. The van der Waals surface area contributed by atoms with Gasteiger partial charge in [-0.05, 0) is 148 Å². The Kier molecular flexibility index (Phi) is 9.90. The van der Waals surface area contributed by atoms with Crippen LogP contribution in [0.5, 0.6) is 11.5 Å². The van der Waals surface area contributed by atoms with Crippen molar-refractivity contribution in [3.05, 3.63) is 206 Å². The SMILES string of the molecule is COc1ccc(-c2ccc3c(c2)c2cc(-c4ccc(OC)cc4)ccc2n3-c2ccc(-c3ccc(N(c4ccccc4)c4ccc(-c5ccc(F)cc5)cc4)c4nsnc34)cc2)cc1. The predicted octanol–water partition coefficient (Wildman–Crippen LogP) is 15.1. The van der Waals surface area contributed by atoms with Crippen molar-refractivity contribution in [2.24, 2.45) is 0 Å². The second-order valence-electron chi connectivity index (χ2n) is 15.6. The number of aromatic nitrogens is 3. The van der Waals surface area contributed by atoms with E-state index in [9.17, 15) is 4.39 Å². The second-order valence-corrected chi connectivity index (χ2v) is 16.2. The molecule has 0 fully saturated rings. The van der Waals surface area contributed by atoms with E-state index in [-0.39, 0.29) is 5.82 Å². The molecule has 0 unspecified atom stereocenters. The number of nitrogens with zero attached hydrogens (tertiary/aromatic N) is 4. The van der Waals surface area contributed by atoms with Gasteiger partial charge in [0.25, 0.3) is 0 Å². The molecular weight excluding hydrogens is 812 g/mol. The molecule has 308 valence electrons. The van der Waals surface area contributed by atoms with Crippen LogP contribution in [0.4, 0.5) is 21.5 Å². The van der Waals surface area contributed by atoms with Crippen LogP contribution in [0, 0.1) is 5.82 Å². The molecule has 0 spiro atoms. The molecule has 11 rings (SSSR count). The van der Waals surface area contributed by atoms with Crippen LogP contribution in [-0.4, -0.2) is 27.5 Å². The lowest BCUT2D eigenvalue weighted by atomic mass is 10.00. The first-order valence-electron chi connectivity index (χ1n) is 21.0. The maximum absolute atomic E-state index is 13.7. The number of fused-ring (bicyclic) bond motifs is 4. The molecule has 0 aliphatic heterocycles.